The summed E-state index contributed by atoms with van der Waals surface area (Å²) in [5.74, 6) is 0.423. The number of rotatable bonds is 5. The van der Waals surface area contributed by atoms with Gasteiger partial charge in [-0.1, -0.05) is 24.3 Å². The predicted octanol–water partition coefficient (Wildman–Crippen LogP) is 1.76. The van der Waals surface area contributed by atoms with Crippen LogP contribution in [0.1, 0.15) is 18.8 Å². The lowest BCUT2D eigenvalue weighted by molar-refractivity contribution is 0.556. The molecular weight excluding hydrogens is 322 g/mol. The Morgan fingerprint density at radius 3 is 2.64 bits per heavy atom. The van der Waals surface area contributed by atoms with Crippen molar-refractivity contribution in [2.45, 2.75) is 17.2 Å². The zero-order valence-corrected chi connectivity index (χ0v) is 13.3. The van der Waals surface area contributed by atoms with Gasteiger partial charge in [0.05, 0.1) is 11.7 Å². The first kappa shape index (κ1) is 14.8. The van der Waals surface area contributed by atoms with Crippen molar-refractivity contribution in [1.29, 1.82) is 0 Å². The minimum absolute atomic E-state index is 0.262. The third-order valence-corrected chi connectivity index (χ3v) is 5.91. The summed E-state index contributed by atoms with van der Waals surface area (Å²) in [6.45, 7) is 1.70. The van der Waals surface area contributed by atoms with Crippen LogP contribution in [0.4, 0.5) is 0 Å². The quantitative estimate of drug-likeness (QED) is 0.767. The van der Waals surface area contributed by atoms with Crippen LogP contribution in [0.25, 0.3) is 5.69 Å². The fraction of sp³-hybridized carbons (Fsp3) is 0.154. The molecule has 0 bridgehead atoms. The number of thiophene rings is 1. The summed E-state index contributed by atoms with van der Waals surface area (Å²) in [6.07, 6.45) is 0. The average molecular weight is 335 g/mol. The summed E-state index contributed by atoms with van der Waals surface area (Å²) in [7, 11) is -3.58. The fourth-order valence-corrected chi connectivity index (χ4v) is 4.19. The maximum absolute atomic E-state index is 12.3. The highest BCUT2D eigenvalue weighted by atomic mass is 32.2. The highest BCUT2D eigenvalue weighted by Crippen LogP contribution is 2.20. The number of hydrogen-bond donors (Lipinski definition) is 1. The molecule has 2 heterocycles. The first-order chi connectivity index (χ1) is 10.6. The fourth-order valence-electron chi connectivity index (χ4n) is 1.98. The second-order valence-electron chi connectivity index (χ2n) is 4.56. The van der Waals surface area contributed by atoms with Crippen LogP contribution >= 0.6 is 11.3 Å². The van der Waals surface area contributed by atoms with E-state index < -0.39 is 16.1 Å². The molecule has 0 amide bonds. The van der Waals surface area contributed by atoms with Crippen LogP contribution in [-0.4, -0.2) is 28.6 Å². The van der Waals surface area contributed by atoms with Crippen molar-refractivity contribution in [2.75, 3.05) is 0 Å². The predicted molar refractivity (Wildman–Crippen MR) is 82.2 cm³/mol. The number of aromatic nitrogens is 4. The molecule has 0 fully saturated rings. The molecule has 3 rings (SSSR count). The van der Waals surface area contributed by atoms with Crippen LogP contribution in [0.3, 0.4) is 0 Å². The zero-order chi connectivity index (χ0) is 15.6. The summed E-state index contributed by atoms with van der Waals surface area (Å²) in [5, 5.41) is 13.2. The summed E-state index contributed by atoms with van der Waals surface area (Å²) < 4.78 is 28.9. The second kappa shape index (κ2) is 5.95. The summed E-state index contributed by atoms with van der Waals surface area (Å²) in [4.78, 5) is 0. The van der Waals surface area contributed by atoms with Crippen molar-refractivity contribution in [3.05, 3.63) is 53.7 Å². The summed E-state index contributed by atoms with van der Waals surface area (Å²) in [5.41, 5.74) is 0.768. The van der Waals surface area contributed by atoms with Gasteiger partial charge < -0.3 is 0 Å². The number of nitrogens with one attached hydrogen (secondary N) is 1. The topological polar surface area (TPSA) is 89.8 Å². The van der Waals surface area contributed by atoms with Crippen molar-refractivity contribution in [3.63, 3.8) is 0 Å². The molecule has 9 heteroatoms. The van der Waals surface area contributed by atoms with E-state index in [1.807, 2.05) is 30.3 Å². The molecular formula is C13H13N5O2S2. The Balaban J connectivity index is 1.88. The van der Waals surface area contributed by atoms with Crippen molar-refractivity contribution >= 4 is 21.4 Å². The van der Waals surface area contributed by atoms with Crippen LogP contribution in [0.15, 0.2) is 52.1 Å². The number of benzene rings is 1. The van der Waals surface area contributed by atoms with Crippen LogP contribution in [-0.2, 0) is 10.0 Å². The molecule has 7 nitrogen and oxygen atoms in total. The molecule has 114 valence electrons. The lowest BCUT2D eigenvalue weighted by atomic mass is 10.3. The number of sulfonamides is 1. The van der Waals surface area contributed by atoms with E-state index in [4.69, 9.17) is 0 Å². The number of para-hydroxylation sites is 1. The zero-order valence-electron chi connectivity index (χ0n) is 11.6. The van der Waals surface area contributed by atoms with Gasteiger partial charge in [-0.3, -0.25) is 0 Å². The van der Waals surface area contributed by atoms with Crippen molar-refractivity contribution in [2.24, 2.45) is 0 Å². The Morgan fingerprint density at radius 1 is 1.18 bits per heavy atom. The van der Waals surface area contributed by atoms with Gasteiger partial charge in [0.1, 0.15) is 4.21 Å². The average Bonchev–Trinajstić information content (AvgIpc) is 3.19. The molecule has 0 aliphatic rings. The lowest BCUT2D eigenvalue weighted by Crippen LogP contribution is -2.28. The van der Waals surface area contributed by atoms with Crippen LogP contribution in [0.2, 0.25) is 0 Å². The van der Waals surface area contributed by atoms with Crippen LogP contribution in [0.5, 0.6) is 0 Å². The van der Waals surface area contributed by atoms with Crippen molar-refractivity contribution in [1.82, 2.24) is 24.9 Å². The van der Waals surface area contributed by atoms with Crippen LogP contribution < -0.4 is 4.72 Å². The number of nitrogens with zero attached hydrogens (tertiary/aromatic N) is 4. The minimum atomic E-state index is -3.58. The van der Waals surface area contributed by atoms with Gasteiger partial charge in [0.25, 0.3) is 10.0 Å². The van der Waals surface area contributed by atoms with Gasteiger partial charge in [-0.2, -0.15) is 9.40 Å². The Morgan fingerprint density at radius 2 is 1.95 bits per heavy atom. The van der Waals surface area contributed by atoms with Gasteiger partial charge >= 0.3 is 0 Å². The molecule has 0 saturated heterocycles. The summed E-state index contributed by atoms with van der Waals surface area (Å²) >= 11 is 1.16. The van der Waals surface area contributed by atoms with Gasteiger partial charge in [0.2, 0.25) is 0 Å². The molecule has 3 aromatic rings. The van der Waals surface area contributed by atoms with E-state index in [2.05, 4.69) is 20.2 Å². The molecule has 0 aliphatic carbocycles. The van der Waals surface area contributed by atoms with Gasteiger partial charge in [-0.15, -0.1) is 16.4 Å². The molecule has 0 aliphatic heterocycles. The van der Waals surface area contributed by atoms with E-state index in [0.29, 0.717) is 5.82 Å². The third-order valence-electron chi connectivity index (χ3n) is 2.97. The Kier molecular flexibility index (Phi) is 4.01. The first-order valence-corrected chi connectivity index (χ1v) is 8.84. The Hall–Kier alpha value is -2.10. The van der Waals surface area contributed by atoms with Gasteiger partial charge in [0.15, 0.2) is 5.82 Å². The van der Waals surface area contributed by atoms with E-state index in [1.54, 1.807) is 24.4 Å². The minimum Gasteiger partial charge on any atom is -0.206 e. The molecule has 1 N–H and O–H groups in total. The van der Waals surface area contributed by atoms with E-state index in [0.717, 1.165) is 17.0 Å². The van der Waals surface area contributed by atoms with Gasteiger partial charge in [-0.25, -0.2) is 8.42 Å². The van der Waals surface area contributed by atoms with E-state index in [-0.39, 0.29) is 4.21 Å². The van der Waals surface area contributed by atoms with Crippen molar-refractivity contribution in [3.8, 4) is 5.69 Å². The molecule has 1 aromatic carbocycles. The monoisotopic (exact) mass is 335 g/mol. The molecule has 2 aromatic heterocycles. The van der Waals surface area contributed by atoms with E-state index >= 15 is 0 Å². The Labute approximate surface area is 131 Å². The highest BCUT2D eigenvalue weighted by molar-refractivity contribution is 7.91. The molecule has 1 unspecified atom stereocenters. The normalized spacial score (nSPS) is 13.1. The molecule has 22 heavy (non-hydrogen) atoms. The van der Waals surface area contributed by atoms with E-state index in [1.165, 1.54) is 4.68 Å². The summed E-state index contributed by atoms with van der Waals surface area (Å²) in [6, 6.07) is 12.0. The van der Waals surface area contributed by atoms with Crippen molar-refractivity contribution < 1.29 is 8.42 Å². The standard InChI is InChI=1S/C13H13N5O2S2/c1-10(15-22(19,20)12-8-5-9-21-12)13-14-16-17-18(13)11-6-3-2-4-7-11/h2-10,15H,1H3. The number of hydrogen-bond acceptors (Lipinski definition) is 6. The molecule has 1 atom stereocenters. The molecule has 0 spiro atoms. The molecule has 0 saturated carbocycles. The third kappa shape index (κ3) is 2.91. The van der Waals surface area contributed by atoms with Gasteiger partial charge in [-0.05, 0) is 40.9 Å². The van der Waals surface area contributed by atoms with Crippen LogP contribution in [0, 0.1) is 0 Å². The lowest BCUT2D eigenvalue weighted by Gasteiger charge is -2.13. The van der Waals surface area contributed by atoms with E-state index in [9.17, 15) is 8.42 Å². The maximum atomic E-state index is 12.3. The SMILES string of the molecule is CC(NS(=O)(=O)c1cccs1)c1nnnn1-c1ccccc1. The highest BCUT2D eigenvalue weighted by Gasteiger charge is 2.23. The van der Waals surface area contributed by atoms with Gasteiger partial charge in [0, 0.05) is 0 Å². The maximum Gasteiger partial charge on any atom is 0.250 e. The second-order valence-corrected chi connectivity index (χ2v) is 7.45. The Bertz CT molecular complexity index is 844. The number of tetrazole rings is 1. The molecule has 0 radical (unpaired) electrons. The smallest absolute Gasteiger partial charge is 0.206 e. The largest absolute Gasteiger partial charge is 0.250 e. The first-order valence-electron chi connectivity index (χ1n) is 6.47.